The molecule has 2 aliphatic heterocycles. The van der Waals surface area contributed by atoms with Crippen LogP contribution < -0.4 is 0 Å². The summed E-state index contributed by atoms with van der Waals surface area (Å²) in [6, 6.07) is 10.2. The number of imidazole rings is 1. The van der Waals surface area contributed by atoms with Crippen molar-refractivity contribution in [2.24, 2.45) is 11.8 Å². The van der Waals surface area contributed by atoms with Crippen LogP contribution in [0.25, 0.3) is 11.2 Å². The largest absolute Gasteiger partial charge is 0.508 e. The maximum atomic E-state index is 12.8. The third-order valence-corrected chi connectivity index (χ3v) is 7.49. The number of nitrogens with zero attached hydrogens (tertiary/aromatic N) is 3. The van der Waals surface area contributed by atoms with Gasteiger partial charge in [0.15, 0.2) is 0 Å². The zero-order valence-electron chi connectivity index (χ0n) is 18.8. The van der Waals surface area contributed by atoms with Crippen LogP contribution in [0.3, 0.4) is 0 Å². The van der Waals surface area contributed by atoms with E-state index in [1.165, 1.54) is 27.8 Å². The van der Waals surface area contributed by atoms with E-state index in [1.807, 2.05) is 6.07 Å². The Balaban J connectivity index is 1.38. The molecule has 1 N–H and O–H groups in total. The fourth-order valence-electron chi connectivity index (χ4n) is 5.79. The van der Waals surface area contributed by atoms with Gasteiger partial charge < -0.3 is 14.2 Å². The maximum Gasteiger partial charge on any atom is 0.137 e. The van der Waals surface area contributed by atoms with Gasteiger partial charge in [0.05, 0.1) is 12.4 Å². The van der Waals surface area contributed by atoms with Crippen molar-refractivity contribution in [3.05, 3.63) is 70.7 Å². The lowest BCUT2D eigenvalue weighted by atomic mass is 9.75. The van der Waals surface area contributed by atoms with Gasteiger partial charge >= 0.3 is 0 Å². The summed E-state index contributed by atoms with van der Waals surface area (Å²) in [6.07, 6.45) is 8.31. The molecule has 33 heavy (non-hydrogen) atoms. The Hall–Kier alpha value is -2.70. The van der Waals surface area contributed by atoms with Crippen LogP contribution in [0.5, 0.6) is 5.75 Å². The molecule has 0 saturated carbocycles. The molecular formula is C27H30FN3O2. The molecule has 0 spiro atoms. The normalized spacial score (nSPS) is 20.3. The Morgan fingerprint density at radius 1 is 1.09 bits per heavy atom. The monoisotopic (exact) mass is 447 g/mol. The van der Waals surface area contributed by atoms with Gasteiger partial charge in [-0.2, -0.15) is 0 Å². The summed E-state index contributed by atoms with van der Waals surface area (Å²) in [5, 5.41) is 10.1. The van der Waals surface area contributed by atoms with E-state index in [-0.39, 0.29) is 12.6 Å². The molecule has 0 bridgehead atoms. The minimum absolute atomic E-state index is 0.190. The molecule has 1 aromatic carbocycles. The molecule has 5 nitrogen and oxygen atoms in total. The zero-order valence-corrected chi connectivity index (χ0v) is 18.8. The number of benzene rings is 1. The predicted molar refractivity (Wildman–Crippen MR) is 126 cm³/mol. The lowest BCUT2D eigenvalue weighted by molar-refractivity contribution is 0.0727. The van der Waals surface area contributed by atoms with Crippen LogP contribution in [0.1, 0.15) is 41.6 Å². The van der Waals surface area contributed by atoms with E-state index < -0.39 is 0 Å². The average Bonchev–Trinajstić information content (AvgIpc) is 3.22. The van der Waals surface area contributed by atoms with Gasteiger partial charge in [0.1, 0.15) is 11.4 Å². The minimum Gasteiger partial charge on any atom is -0.508 e. The van der Waals surface area contributed by atoms with E-state index in [2.05, 4.69) is 39.9 Å². The van der Waals surface area contributed by atoms with Gasteiger partial charge in [0.2, 0.25) is 0 Å². The molecule has 4 heterocycles. The van der Waals surface area contributed by atoms with Crippen LogP contribution in [0.15, 0.2) is 48.3 Å². The SMILES string of the molecule is Oc1ccc2c(c1)CCC(C1CCOCC1)=C2c1ccn2cc(CN3CC(CF)C3)nc2c1. The van der Waals surface area contributed by atoms with Gasteiger partial charge in [-0.15, -0.1) is 0 Å². The van der Waals surface area contributed by atoms with Crippen LogP contribution in [0.2, 0.25) is 0 Å². The summed E-state index contributed by atoms with van der Waals surface area (Å²) < 4.78 is 20.5. The Morgan fingerprint density at radius 3 is 2.76 bits per heavy atom. The lowest BCUT2D eigenvalue weighted by Crippen LogP contribution is -2.46. The maximum absolute atomic E-state index is 12.8. The number of hydrogen-bond donors (Lipinski definition) is 1. The van der Waals surface area contributed by atoms with Crippen LogP contribution in [-0.4, -0.2) is 52.4 Å². The first kappa shape index (κ1) is 20.9. The standard InChI is InChI=1S/C27H30FN3O2/c28-13-18-14-30(15-18)16-22-17-31-8-5-21(12-26(31)29-22)27-24(19-6-9-33-10-7-19)3-1-20-11-23(32)2-4-25(20)27/h2,4-5,8,11-12,17-19,32H,1,3,6-7,9-10,13-16H2. The lowest BCUT2D eigenvalue weighted by Gasteiger charge is -2.37. The highest BCUT2D eigenvalue weighted by Crippen LogP contribution is 2.42. The van der Waals surface area contributed by atoms with E-state index in [1.54, 1.807) is 6.07 Å². The van der Waals surface area contributed by atoms with E-state index in [4.69, 9.17) is 9.72 Å². The van der Waals surface area contributed by atoms with Crippen molar-refractivity contribution in [3.8, 4) is 5.75 Å². The Labute approximate surface area is 193 Å². The molecule has 0 amide bonds. The molecule has 0 atom stereocenters. The van der Waals surface area contributed by atoms with Crippen LogP contribution in [0, 0.1) is 11.8 Å². The first-order chi connectivity index (χ1) is 16.2. The first-order valence-corrected chi connectivity index (χ1v) is 12.1. The fourth-order valence-corrected chi connectivity index (χ4v) is 5.79. The van der Waals surface area contributed by atoms with Crippen molar-refractivity contribution in [3.63, 3.8) is 0 Å². The number of fused-ring (bicyclic) bond motifs is 2. The number of ether oxygens (including phenoxy) is 1. The number of rotatable bonds is 5. The van der Waals surface area contributed by atoms with E-state index >= 15 is 0 Å². The van der Waals surface area contributed by atoms with E-state index in [0.29, 0.717) is 11.7 Å². The molecule has 172 valence electrons. The van der Waals surface area contributed by atoms with Crippen molar-refractivity contribution in [1.29, 1.82) is 0 Å². The molecule has 2 fully saturated rings. The van der Waals surface area contributed by atoms with Gasteiger partial charge in [-0.05, 0) is 78.1 Å². The van der Waals surface area contributed by atoms with Crippen molar-refractivity contribution in [2.75, 3.05) is 33.0 Å². The molecule has 3 aliphatic rings. The quantitative estimate of drug-likeness (QED) is 0.620. The summed E-state index contributed by atoms with van der Waals surface area (Å²) in [4.78, 5) is 7.15. The molecular weight excluding hydrogens is 417 g/mol. The third-order valence-electron chi connectivity index (χ3n) is 7.49. The van der Waals surface area contributed by atoms with Crippen LogP contribution in [0.4, 0.5) is 4.39 Å². The number of aromatic hydroxyl groups is 1. The number of phenolic OH excluding ortho intramolecular Hbond substituents is 1. The Morgan fingerprint density at radius 2 is 1.94 bits per heavy atom. The van der Waals surface area contributed by atoms with Crippen LogP contribution >= 0.6 is 0 Å². The molecule has 0 unspecified atom stereocenters. The van der Waals surface area contributed by atoms with E-state index in [0.717, 1.165) is 69.9 Å². The highest BCUT2D eigenvalue weighted by molar-refractivity contribution is 5.86. The second-order valence-corrected chi connectivity index (χ2v) is 9.76. The number of halogens is 1. The number of allylic oxidation sites excluding steroid dienone is 1. The van der Waals surface area contributed by atoms with Crippen LogP contribution in [-0.2, 0) is 17.7 Å². The number of aromatic nitrogens is 2. The topological polar surface area (TPSA) is 50.0 Å². The minimum atomic E-state index is -0.227. The summed E-state index contributed by atoms with van der Waals surface area (Å²) in [5.74, 6) is 1.06. The average molecular weight is 448 g/mol. The number of phenols is 1. The van der Waals surface area contributed by atoms with Gasteiger partial charge in [0.25, 0.3) is 0 Å². The fraction of sp³-hybridized carbons (Fsp3) is 0.444. The summed E-state index contributed by atoms with van der Waals surface area (Å²) in [5.41, 5.74) is 8.43. The molecule has 3 aromatic rings. The van der Waals surface area contributed by atoms with Gasteiger partial charge in [-0.1, -0.05) is 11.6 Å². The Bertz CT molecular complexity index is 1210. The van der Waals surface area contributed by atoms with E-state index in [9.17, 15) is 9.50 Å². The molecule has 2 aromatic heterocycles. The number of pyridine rings is 1. The molecule has 0 radical (unpaired) electrons. The van der Waals surface area contributed by atoms with Gasteiger partial charge in [0, 0.05) is 51.2 Å². The summed E-state index contributed by atoms with van der Waals surface area (Å²) >= 11 is 0. The molecule has 1 aliphatic carbocycles. The summed E-state index contributed by atoms with van der Waals surface area (Å²) in [6.45, 7) is 3.83. The Kier molecular flexibility index (Phi) is 5.43. The number of aryl methyl sites for hydroxylation is 1. The van der Waals surface area contributed by atoms with Gasteiger partial charge in [-0.25, -0.2) is 4.98 Å². The first-order valence-electron chi connectivity index (χ1n) is 12.1. The number of alkyl halides is 1. The van der Waals surface area contributed by atoms with Crippen molar-refractivity contribution >= 4 is 11.2 Å². The zero-order chi connectivity index (χ0) is 22.4. The van der Waals surface area contributed by atoms with Crippen molar-refractivity contribution < 1.29 is 14.2 Å². The highest BCUT2D eigenvalue weighted by atomic mass is 19.1. The smallest absolute Gasteiger partial charge is 0.137 e. The second-order valence-electron chi connectivity index (χ2n) is 9.76. The summed E-state index contributed by atoms with van der Waals surface area (Å²) in [7, 11) is 0. The van der Waals surface area contributed by atoms with Gasteiger partial charge in [-0.3, -0.25) is 9.29 Å². The molecule has 6 heteroatoms. The number of likely N-dealkylation sites (tertiary alicyclic amines) is 1. The molecule has 2 saturated heterocycles. The second kappa shape index (κ2) is 8.58. The third kappa shape index (κ3) is 3.96. The van der Waals surface area contributed by atoms with Crippen molar-refractivity contribution in [2.45, 2.75) is 32.2 Å². The predicted octanol–water partition coefficient (Wildman–Crippen LogP) is 4.62. The van der Waals surface area contributed by atoms with Crippen molar-refractivity contribution in [1.82, 2.24) is 14.3 Å². The highest BCUT2D eigenvalue weighted by Gasteiger charge is 2.29. The molecule has 6 rings (SSSR count). The number of hydrogen-bond acceptors (Lipinski definition) is 4.